The van der Waals surface area contributed by atoms with Gasteiger partial charge in [0.15, 0.2) is 0 Å². The Hall–Kier alpha value is -0.770. The minimum Gasteiger partial charge on any atom is -0.449 e. The molecule has 0 aliphatic heterocycles. The maximum absolute atomic E-state index is 10.9. The molecule has 1 amide bonds. The molecule has 4 heteroatoms. The molecule has 12 heavy (non-hydrogen) atoms. The molecular weight excluding hydrogens is 156 g/mol. The summed E-state index contributed by atoms with van der Waals surface area (Å²) >= 11 is 0. The zero-order valence-electron chi connectivity index (χ0n) is 7.96. The number of nitrogens with two attached hydrogens (primary N) is 1. The molecule has 0 radical (unpaired) electrons. The number of amides is 1. The van der Waals surface area contributed by atoms with E-state index >= 15 is 0 Å². The highest BCUT2D eigenvalue weighted by molar-refractivity contribution is 5.67. The molecule has 0 fully saturated rings. The molecular formula is C8H18N2O2. The number of rotatable bonds is 4. The first-order chi connectivity index (χ1) is 5.52. The van der Waals surface area contributed by atoms with Crippen molar-refractivity contribution in [1.82, 2.24) is 5.32 Å². The minimum absolute atomic E-state index is 0.0804. The quantitative estimate of drug-likeness (QED) is 0.664. The summed E-state index contributed by atoms with van der Waals surface area (Å²) in [5, 5.41) is 2.61. The van der Waals surface area contributed by atoms with Gasteiger partial charge >= 0.3 is 6.09 Å². The van der Waals surface area contributed by atoms with Gasteiger partial charge in [-0.15, -0.1) is 0 Å². The Kier molecular flexibility index (Phi) is 5.45. The third-order valence-corrected chi connectivity index (χ3v) is 1.21. The molecule has 0 heterocycles. The van der Waals surface area contributed by atoms with Crippen molar-refractivity contribution in [2.45, 2.75) is 39.3 Å². The monoisotopic (exact) mass is 174 g/mol. The molecule has 0 aromatic carbocycles. The lowest BCUT2D eigenvalue weighted by Gasteiger charge is -2.09. The molecule has 0 spiro atoms. The molecule has 0 aliphatic carbocycles. The highest BCUT2D eigenvalue weighted by Gasteiger charge is 2.03. The Morgan fingerprint density at radius 3 is 2.50 bits per heavy atom. The maximum atomic E-state index is 10.9. The van der Waals surface area contributed by atoms with Gasteiger partial charge in [0, 0.05) is 12.1 Å². The van der Waals surface area contributed by atoms with Crippen LogP contribution >= 0.6 is 0 Å². The van der Waals surface area contributed by atoms with E-state index in [1.165, 1.54) is 0 Å². The predicted molar refractivity (Wildman–Crippen MR) is 47.9 cm³/mol. The van der Waals surface area contributed by atoms with Crippen molar-refractivity contribution in [3.05, 3.63) is 0 Å². The standard InChI is InChI=1S/C8H18N2O2/c1-6(2)10-8(11)12-5-4-7(3)9/h6-7H,4-5,9H2,1-3H3,(H,10,11). The fourth-order valence-corrected chi connectivity index (χ4v) is 0.615. The van der Waals surface area contributed by atoms with Gasteiger partial charge in [-0.05, 0) is 27.2 Å². The average molecular weight is 174 g/mol. The predicted octanol–water partition coefficient (Wildman–Crippen LogP) is 0.858. The van der Waals surface area contributed by atoms with Crippen molar-refractivity contribution >= 4 is 6.09 Å². The van der Waals surface area contributed by atoms with Gasteiger partial charge in [0.1, 0.15) is 0 Å². The van der Waals surface area contributed by atoms with E-state index in [2.05, 4.69) is 5.32 Å². The molecule has 0 bridgehead atoms. The molecule has 0 rings (SSSR count). The lowest BCUT2D eigenvalue weighted by atomic mass is 10.3. The third kappa shape index (κ3) is 7.34. The molecule has 4 nitrogen and oxygen atoms in total. The smallest absolute Gasteiger partial charge is 0.407 e. The van der Waals surface area contributed by atoms with Crippen LogP contribution in [0.2, 0.25) is 0 Å². The average Bonchev–Trinajstić information content (AvgIpc) is 1.84. The topological polar surface area (TPSA) is 64.3 Å². The molecule has 1 atom stereocenters. The van der Waals surface area contributed by atoms with E-state index in [9.17, 15) is 4.79 Å². The molecule has 0 saturated carbocycles. The number of carbonyl (C=O) groups excluding carboxylic acids is 1. The number of carbonyl (C=O) groups is 1. The summed E-state index contributed by atoms with van der Waals surface area (Å²) in [7, 11) is 0. The summed E-state index contributed by atoms with van der Waals surface area (Å²) < 4.78 is 4.83. The fourth-order valence-electron chi connectivity index (χ4n) is 0.615. The third-order valence-electron chi connectivity index (χ3n) is 1.21. The number of hydrogen-bond donors (Lipinski definition) is 2. The van der Waals surface area contributed by atoms with Crippen LogP contribution in [0.15, 0.2) is 0 Å². The lowest BCUT2D eigenvalue weighted by Crippen LogP contribution is -2.31. The van der Waals surface area contributed by atoms with Crippen LogP contribution in [0.25, 0.3) is 0 Å². The maximum Gasteiger partial charge on any atom is 0.407 e. The summed E-state index contributed by atoms with van der Waals surface area (Å²) in [4.78, 5) is 10.9. The Labute approximate surface area is 73.5 Å². The number of ether oxygens (including phenoxy) is 1. The van der Waals surface area contributed by atoms with Gasteiger partial charge in [-0.1, -0.05) is 0 Å². The first-order valence-electron chi connectivity index (χ1n) is 4.21. The van der Waals surface area contributed by atoms with Crippen molar-refractivity contribution in [3.8, 4) is 0 Å². The Morgan fingerprint density at radius 2 is 2.08 bits per heavy atom. The van der Waals surface area contributed by atoms with Crippen molar-refractivity contribution in [2.75, 3.05) is 6.61 Å². The highest BCUT2D eigenvalue weighted by atomic mass is 16.5. The van der Waals surface area contributed by atoms with Crippen LogP contribution < -0.4 is 11.1 Å². The van der Waals surface area contributed by atoms with E-state index < -0.39 is 0 Å². The van der Waals surface area contributed by atoms with Gasteiger partial charge < -0.3 is 15.8 Å². The van der Waals surface area contributed by atoms with Crippen LogP contribution in [0.3, 0.4) is 0 Å². The second-order valence-corrected chi connectivity index (χ2v) is 3.20. The first kappa shape index (κ1) is 11.2. The van der Waals surface area contributed by atoms with E-state index in [0.29, 0.717) is 13.0 Å². The van der Waals surface area contributed by atoms with E-state index in [4.69, 9.17) is 10.5 Å². The number of hydrogen-bond acceptors (Lipinski definition) is 3. The van der Waals surface area contributed by atoms with Crippen LogP contribution in [-0.4, -0.2) is 24.8 Å². The van der Waals surface area contributed by atoms with Crippen LogP contribution in [-0.2, 0) is 4.74 Å². The lowest BCUT2D eigenvalue weighted by molar-refractivity contribution is 0.140. The van der Waals surface area contributed by atoms with Gasteiger partial charge in [0.2, 0.25) is 0 Å². The Bertz CT molecular complexity index is 135. The largest absolute Gasteiger partial charge is 0.449 e. The molecule has 0 saturated heterocycles. The Balaban J connectivity index is 3.32. The van der Waals surface area contributed by atoms with Gasteiger partial charge in [0.25, 0.3) is 0 Å². The summed E-state index contributed by atoms with van der Waals surface area (Å²) in [5.74, 6) is 0. The SMILES string of the molecule is CC(N)CCOC(=O)NC(C)C. The summed E-state index contributed by atoms with van der Waals surface area (Å²) in [6, 6.07) is 0.199. The highest BCUT2D eigenvalue weighted by Crippen LogP contribution is 1.89. The molecule has 0 aromatic heterocycles. The van der Waals surface area contributed by atoms with Crippen LogP contribution in [0.4, 0.5) is 4.79 Å². The molecule has 1 unspecified atom stereocenters. The number of alkyl carbamates (subject to hydrolysis) is 1. The van der Waals surface area contributed by atoms with Gasteiger partial charge in [0.05, 0.1) is 6.61 Å². The van der Waals surface area contributed by atoms with E-state index in [-0.39, 0.29) is 18.2 Å². The first-order valence-corrected chi connectivity index (χ1v) is 4.21. The van der Waals surface area contributed by atoms with Crippen molar-refractivity contribution in [3.63, 3.8) is 0 Å². The number of nitrogens with one attached hydrogen (secondary N) is 1. The van der Waals surface area contributed by atoms with Gasteiger partial charge in [-0.25, -0.2) is 4.79 Å². The molecule has 3 N–H and O–H groups in total. The Morgan fingerprint density at radius 1 is 1.50 bits per heavy atom. The minimum atomic E-state index is -0.370. The van der Waals surface area contributed by atoms with E-state index in [1.807, 2.05) is 20.8 Å². The van der Waals surface area contributed by atoms with Gasteiger partial charge in [-0.3, -0.25) is 0 Å². The second-order valence-electron chi connectivity index (χ2n) is 3.20. The van der Waals surface area contributed by atoms with Crippen LogP contribution in [0, 0.1) is 0 Å². The summed E-state index contributed by atoms with van der Waals surface area (Å²) in [6.45, 7) is 6.03. The summed E-state index contributed by atoms with van der Waals surface area (Å²) in [6.07, 6.45) is 0.330. The normalized spacial score (nSPS) is 12.8. The molecule has 0 aromatic rings. The second kappa shape index (κ2) is 5.83. The zero-order valence-corrected chi connectivity index (χ0v) is 7.96. The fraction of sp³-hybridized carbons (Fsp3) is 0.875. The van der Waals surface area contributed by atoms with Crippen LogP contribution in [0.1, 0.15) is 27.2 Å². The van der Waals surface area contributed by atoms with Crippen molar-refractivity contribution < 1.29 is 9.53 Å². The molecule has 0 aliphatic rings. The van der Waals surface area contributed by atoms with Crippen molar-refractivity contribution in [1.29, 1.82) is 0 Å². The van der Waals surface area contributed by atoms with E-state index in [1.54, 1.807) is 0 Å². The van der Waals surface area contributed by atoms with Crippen LogP contribution in [0.5, 0.6) is 0 Å². The van der Waals surface area contributed by atoms with Gasteiger partial charge in [-0.2, -0.15) is 0 Å². The zero-order chi connectivity index (χ0) is 9.56. The van der Waals surface area contributed by atoms with Crippen molar-refractivity contribution in [2.24, 2.45) is 5.73 Å². The summed E-state index contributed by atoms with van der Waals surface area (Å²) in [5.41, 5.74) is 5.47. The molecule has 72 valence electrons. The van der Waals surface area contributed by atoms with E-state index in [0.717, 1.165) is 0 Å².